The van der Waals surface area contributed by atoms with Gasteiger partial charge in [-0.05, 0) is 37.1 Å². The predicted molar refractivity (Wildman–Crippen MR) is 89.7 cm³/mol. The summed E-state index contributed by atoms with van der Waals surface area (Å²) in [5.41, 5.74) is 2.05. The molecule has 1 fully saturated rings. The average Bonchev–Trinajstić information content (AvgIpc) is 3.08. The number of nitrogens with zero attached hydrogens (tertiary/aromatic N) is 3. The van der Waals surface area contributed by atoms with E-state index < -0.39 is 0 Å². The van der Waals surface area contributed by atoms with Crippen molar-refractivity contribution in [3.05, 3.63) is 36.8 Å². The number of anilines is 1. The van der Waals surface area contributed by atoms with E-state index in [9.17, 15) is 0 Å². The summed E-state index contributed by atoms with van der Waals surface area (Å²) in [6.45, 7) is 1.66. The molecule has 2 N–H and O–H groups in total. The standard InChI is InChI=1S/C16H17N5OS/c1-2-15-11(8-14(1)23-16-18-10-19-21-16)7-13(9-17-15)20-12-3-5-22-6-4-12/h1-2,7-10,12,20H,3-6H2,(H,18,19,21). The van der Waals surface area contributed by atoms with Gasteiger partial charge in [-0.15, -0.1) is 0 Å². The highest BCUT2D eigenvalue weighted by Crippen LogP contribution is 2.28. The Kier molecular flexibility index (Phi) is 4.12. The fourth-order valence-electron chi connectivity index (χ4n) is 2.68. The summed E-state index contributed by atoms with van der Waals surface area (Å²) in [5.74, 6) is 0. The van der Waals surface area contributed by atoms with E-state index in [4.69, 9.17) is 4.74 Å². The van der Waals surface area contributed by atoms with Crippen molar-refractivity contribution < 1.29 is 4.74 Å². The zero-order chi connectivity index (χ0) is 15.5. The second kappa shape index (κ2) is 6.55. The summed E-state index contributed by atoms with van der Waals surface area (Å²) in [4.78, 5) is 9.80. The van der Waals surface area contributed by atoms with Gasteiger partial charge >= 0.3 is 0 Å². The van der Waals surface area contributed by atoms with Crippen LogP contribution in [0.15, 0.2) is 46.8 Å². The Hall–Kier alpha value is -2.12. The topological polar surface area (TPSA) is 75.7 Å². The molecule has 0 amide bonds. The molecule has 3 aromatic rings. The molecule has 7 heteroatoms. The average molecular weight is 327 g/mol. The van der Waals surface area contributed by atoms with Crippen LogP contribution in [0.3, 0.4) is 0 Å². The van der Waals surface area contributed by atoms with E-state index in [2.05, 4.69) is 37.6 Å². The van der Waals surface area contributed by atoms with Crippen LogP contribution in [0, 0.1) is 0 Å². The fourth-order valence-corrected chi connectivity index (χ4v) is 3.43. The van der Waals surface area contributed by atoms with E-state index >= 15 is 0 Å². The largest absolute Gasteiger partial charge is 0.381 e. The number of nitrogens with one attached hydrogen (secondary N) is 2. The molecule has 0 aliphatic carbocycles. The lowest BCUT2D eigenvalue weighted by molar-refractivity contribution is 0.0904. The molecular weight excluding hydrogens is 310 g/mol. The summed E-state index contributed by atoms with van der Waals surface area (Å²) in [5, 5.41) is 12.2. The molecule has 1 saturated heterocycles. The summed E-state index contributed by atoms with van der Waals surface area (Å²) >= 11 is 1.56. The summed E-state index contributed by atoms with van der Waals surface area (Å²) in [6.07, 6.45) is 5.50. The van der Waals surface area contributed by atoms with Gasteiger partial charge in [0, 0.05) is 29.5 Å². The van der Waals surface area contributed by atoms with Crippen LogP contribution in [0.2, 0.25) is 0 Å². The molecule has 3 heterocycles. The van der Waals surface area contributed by atoms with Gasteiger partial charge in [-0.3, -0.25) is 10.1 Å². The minimum absolute atomic E-state index is 0.467. The highest BCUT2D eigenvalue weighted by molar-refractivity contribution is 7.99. The Bertz CT molecular complexity index is 786. The smallest absolute Gasteiger partial charge is 0.188 e. The minimum Gasteiger partial charge on any atom is -0.381 e. The lowest BCUT2D eigenvalue weighted by Crippen LogP contribution is -2.27. The predicted octanol–water partition coefficient (Wildman–Crippen LogP) is 3.10. The van der Waals surface area contributed by atoms with Crippen LogP contribution in [0.25, 0.3) is 10.9 Å². The zero-order valence-electron chi connectivity index (χ0n) is 12.5. The van der Waals surface area contributed by atoms with E-state index in [1.54, 1.807) is 11.8 Å². The van der Waals surface area contributed by atoms with Crippen molar-refractivity contribution in [2.45, 2.75) is 28.9 Å². The van der Waals surface area contributed by atoms with Gasteiger partial charge in [-0.1, -0.05) is 11.8 Å². The molecule has 0 saturated carbocycles. The first-order chi connectivity index (χ1) is 11.4. The van der Waals surface area contributed by atoms with Gasteiger partial charge in [0.1, 0.15) is 6.33 Å². The first-order valence-electron chi connectivity index (χ1n) is 7.64. The van der Waals surface area contributed by atoms with Crippen molar-refractivity contribution >= 4 is 28.4 Å². The van der Waals surface area contributed by atoms with Crippen molar-refractivity contribution in [1.29, 1.82) is 0 Å². The molecular formula is C16H17N5OS. The second-order valence-electron chi connectivity index (χ2n) is 5.50. The lowest BCUT2D eigenvalue weighted by atomic mass is 10.1. The van der Waals surface area contributed by atoms with Crippen molar-refractivity contribution in [1.82, 2.24) is 20.2 Å². The zero-order valence-corrected chi connectivity index (χ0v) is 13.3. The quantitative estimate of drug-likeness (QED) is 0.767. The second-order valence-corrected chi connectivity index (χ2v) is 6.56. The summed E-state index contributed by atoms with van der Waals surface area (Å²) < 4.78 is 5.40. The number of benzene rings is 1. The van der Waals surface area contributed by atoms with E-state index in [0.29, 0.717) is 6.04 Å². The van der Waals surface area contributed by atoms with Gasteiger partial charge in [0.25, 0.3) is 0 Å². The molecule has 0 unspecified atom stereocenters. The summed E-state index contributed by atoms with van der Waals surface area (Å²) in [7, 11) is 0. The third-order valence-electron chi connectivity index (χ3n) is 3.85. The Morgan fingerprint density at radius 3 is 2.91 bits per heavy atom. The number of aromatic amines is 1. The Labute approximate surface area is 138 Å². The van der Waals surface area contributed by atoms with E-state index in [-0.39, 0.29) is 0 Å². The first kappa shape index (κ1) is 14.5. The van der Waals surface area contributed by atoms with Gasteiger partial charge in [-0.2, -0.15) is 5.10 Å². The van der Waals surface area contributed by atoms with Crippen LogP contribution in [-0.4, -0.2) is 39.4 Å². The van der Waals surface area contributed by atoms with E-state index in [1.807, 2.05) is 18.3 Å². The van der Waals surface area contributed by atoms with E-state index in [0.717, 1.165) is 52.7 Å². The monoisotopic (exact) mass is 327 g/mol. The van der Waals surface area contributed by atoms with Crippen LogP contribution in [0.1, 0.15) is 12.8 Å². The molecule has 23 heavy (non-hydrogen) atoms. The SMILES string of the molecule is c1n[nH]c(Sc2ccc3ncc(NC4CCOCC4)cc3c2)n1. The van der Waals surface area contributed by atoms with Crippen molar-refractivity contribution in [3.63, 3.8) is 0 Å². The number of ether oxygens (including phenoxy) is 1. The molecule has 0 radical (unpaired) electrons. The normalized spacial score (nSPS) is 15.8. The van der Waals surface area contributed by atoms with Crippen LogP contribution in [0.5, 0.6) is 0 Å². The molecule has 0 atom stereocenters. The van der Waals surface area contributed by atoms with Gasteiger partial charge in [0.05, 0.1) is 17.4 Å². The number of pyridine rings is 1. The van der Waals surface area contributed by atoms with E-state index in [1.165, 1.54) is 6.33 Å². The minimum atomic E-state index is 0.467. The number of hydrogen-bond donors (Lipinski definition) is 2. The van der Waals surface area contributed by atoms with Crippen LogP contribution >= 0.6 is 11.8 Å². The Balaban J connectivity index is 1.56. The van der Waals surface area contributed by atoms with Crippen molar-refractivity contribution in [2.75, 3.05) is 18.5 Å². The van der Waals surface area contributed by atoms with Crippen molar-refractivity contribution in [2.24, 2.45) is 0 Å². The van der Waals surface area contributed by atoms with Crippen LogP contribution in [-0.2, 0) is 4.74 Å². The van der Waals surface area contributed by atoms with Gasteiger partial charge in [0.2, 0.25) is 0 Å². The number of H-pyrrole nitrogens is 1. The van der Waals surface area contributed by atoms with Gasteiger partial charge < -0.3 is 10.1 Å². The van der Waals surface area contributed by atoms with Gasteiger partial charge in [0.15, 0.2) is 5.16 Å². The lowest BCUT2D eigenvalue weighted by Gasteiger charge is -2.24. The molecule has 118 valence electrons. The van der Waals surface area contributed by atoms with Crippen LogP contribution < -0.4 is 5.32 Å². The molecule has 6 nitrogen and oxygen atoms in total. The summed E-state index contributed by atoms with van der Waals surface area (Å²) in [6, 6.07) is 8.84. The maximum Gasteiger partial charge on any atom is 0.188 e. The molecule has 1 aliphatic heterocycles. The highest BCUT2D eigenvalue weighted by atomic mass is 32.2. The van der Waals surface area contributed by atoms with Crippen molar-refractivity contribution in [3.8, 4) is 0 Å². The molecule has 2 aromatic heterocycles. The number of aromatic nitrogens is 4. The Morgan fingerprint density at radius 2 is 2.09 bits per heavy atom. The molecule has 4 rings (SSSR count). The highest BCUT2D eigenvalue weighted by Gasteiger charge is 2.13. The van der Waals surface area contributed by atoms with Gasteiger partial charge in [-0.25, -0.2) is 4.98 Å². The first-order valence-corrected chi connectivity index (χ1v) is 8.46. The van der Waals surface area contributed by atoms with Crippen LogP contribution in [0.4, 0.5) is 5.69 Å². The number of rotatable bonds is 4. The third-order valence-corrected chi connectivity index (χ3v) is 4.73. The molecule has 0 bridgehead atoms. The third kappa shape index (κ3) is 3.46. The molecule has 1 aromatic carbocycles. The number of hydrogen-bond acceptors (Lipinski definition) is 6. The Morgan fingerprint density at radius 1 is 1.17 bits per heavy atom. The maximum atomic E-state index is 5.40. The molecule has 0 spiro atoms. The fraction of sp³-hybridized carbons (Fsp3) is 0.312. The molecule has 1 aliphatic rings. The maximum absolute atomic E-state index is 5.40. The number of fused-ring (bicyclic) bond motifs is 1.